The number of H-pyrrole nitrogens is 1. The lowest BCUT2D eigenvalue weighted by atomic mass is 10.1. The van der Waals surface area contributed by atoms with E-state index in [2.05, 4.69) is 4.98 Å². The molecule has 22 heavy (non-hydrogen) atoms. The molecule has 1 saturated heterocycles. The highest BCUT2D eigenvalue weighted by Gasteiger charge is 2.32. The van der Waals surface area contributed by atoms with E-state index in [-0.39, 0.29) is 18.5 Å². The maximum Gasteiger partial charge on any atom is 0.410 e. The molecule has 1 aromatic heterocycles. The number of hydrogen-bond acceptors (Lipinski definition) is 3. The molecule has 1 aliphatic rings. The summed E-state index contributed by atoms with van der Waals surface area (Å²) in [6.07, 6.45) is 3.31. The zero-order chi connectivity index (χ0) is 16.3. The summed E-state index contributed by atoms with van der Waals surface area (Å²) in [6.45, 7) is 6.18. The minimum absolute atomic E-state index is 0.0339. The standard InChI is InChI=1S/C16H25N3O3/c1-16(2,3)22-15(21)18(4)11-14(20)19-10-6-8-13(19)12-7-5-9-17-12/h5,7,9,13,17H,6,8,10-11H2,1-4H3/t13-/m1/s1. The smallest absolute Gasteiger partial charge is 0.410 e. The van der Waals surface area contributed by atoms with Crippen molar-refractivity contribution >= 4 is 12.0 Å². The summed E-state index contributed by atoms with van der Waals surface area (Å²) in [6, 6.07) is 4.01. The van der Waals surface area contributed by atoms with E-state index in [1.807, 2.05) is 44.0 Å². The number of hydrogen-bond donors (Lipinski definition) is 1. The minimum atomic E-state index is -0.561. The third-order valence-corrected chi connectivity index (χ3v) is 3.63. The van der Waals surface area contributed by atoms with Crippen LogP contribution in [-0.2, 0) is 9.53 Å². The van der Waals surface area contributed by atoms with Crippen molar-refractivity contribution in [1.29, 1.82) is 0 Å². The van der Waals surface area contributed by atoms with Gasteiger partial charge in [-0.2, -0.15) is 0 Å². The first-order valence-corrected chi connectivity index (χ1v) is 7.65. The SMILES string of the molecule is CN(CC(=O)N1CCC[C@@H]1c1ccc[nH]1)C(=O)OC(C)(C)C. The third-order valence-electron chi connectivity index (χ3n) is 3.63. The molecule has 2 amide bonds. The van der Waals surface area contributed by atoms with Crippen molar-refractivity contribution in [2.24, 2.45) is 0 Å². The number of aromatic nitrogens is 1. The van der Waals surface area contributed by atoms with E-state index < -0.39 is 11.7 Å². The number of ether oxygens (including phenoxy) is 1. The number of amides is 2. The van der Waals surface area contributed by atoms with Gasteiger partial charge in [0.15, 0.2) is 0 Å². The molecule has 0 aromatic carbocycles. The molecule has 1 atom stereocenters. The molecule has 1 fully saturated rings. The molecule has 0 aliphatic carbocycles. The second kappa shape index (κ2) is 6.42. The summed E-state index contributed by atoms with van der Waals surface area (Å²) >= 11 is 0. The molecule has 6 heteroatoms. The quantitative estimate of drug-likeness (QED) is 0.933. The van der Waals surface area contributed by atoms with Gasteiger partial charge >= 0.3 is 6.09 Å². The monoisotopic (exact) mass is 307 g/mol. The van der Waals surface area contributed by atoms with Crippen LogP contribution in [-0.4, -0.2) is 52.5 Å². The first kappa shape index (κ1) is 16.4. The Bertz CT molecular complexity index is 519. The van der Waals surface area contributed by atoms with Crippen molar-refractivity contribution < 1.29 is 14.3 Å². The zero-order valence-corrected chi connectivity index (χ0v) is 13.8. The Morgan fingerprint density at radius 2 is 2.18 bits per heavy atom. The Balaban J connectivity index is 1.95. The molecule has 0 saturated carbocycles. The molecule has 1 N–H and O–H groups in total. The van der Waals surface area contributed by atoms with Crippen molar-refractivity contribution in [3.8, 4) is 0 Å². The Hall–Kier alpha value is -1.98. The lowest BCUT2D eigenvalue weighted by molar-refractivity contribution is -0.133. The summed E-state index contributed by atoms with van der Waals surface area (Å²) in [4.78, 5) is 30.8. The lowest BCUT2D eigenvalue weighted by Crippen LogP contribution is -2.42. The Kier molecular flexibility index (Phi) is 4.78. The molecule has 2 rings (SSSR count). The molecule has 0 unspecified atom stereocenters. The second-order valence-electron chi connectivity index (χ2n) is 6.71. The van der Waals surface area contributed by atoms with Gasteiger partial charge in [-0.25, -0.2) is 4.79 Å². The van der Waals surface area contributed by atoms with Gasteiger partial charge in [-0.05, 0) is 45.7 Å². The third kappa shape index (κ3) is 4.02. The highest BCUT2D eigenvalue weighted by Crippen LogP contribution is 2.30. The van der Waals surface area contributed by atoms with Gasteiger partial charge in [0.1, 0.15) is 12.1 Å². The maximum absolute atomic E-state index is 12.5. The van der Waals surface area contributed by atoms with Gasteiger partial charge in [-0.3, -0.25) is 4.79 Å². The zero-order valence-electron chi connectivity index (χ0n) is 13.8. The molecule has 0 bridgehead atoms. The van der Waals surface area contributed by atoms with Crippen molar-refractivity contribution in [2.75, 3.05) is 20.1 Å². The van der Waals surface area contributed by atoms with Crippen molar-refractivity contribution in [3.05, 3.63) is 24.0 Å². The van der Waals surface area contributed by atoms with Crippen LogP contribution in [0, 0.1) is 0 Å². The largest absolute Gasteiger partial charge is 0.444 e. The Morgan fingerprint density at radius 3 is 2.77 bits per heavy atom. The van der Waals surface area contributed by atoms with E-state index in [1.54, 1.807) is 7.05 Å². The normalized spacial score (nSPS) is 18.4. The number of likely N-dealkylation sites (N-methyl/N-ethyl adjacent to an activating group) is 1. The predicted molar refractivity (Wildman–Crippen MR) is 83.3 cm³/mol. The fraction of sp³-hybridized carbons (Fsp3) is 0.625. The van der Waals surface area contributed by atoms with Crippen LogP contribution in [0.25, 0.3) is 0 Å². The van der Waals surface area contributed by atoms with Crippen LogP contribution < -0.4 is 0 Å². The van der Waals surface area contributed by atoms with Crippen LogP contribution in [0.5, 0.6) is 0 Å². The van der Waals surface area contributed by atoms with Crippen LogP contribution in [0.4, 0.5) is 4.79 Å². The van der Waals surface area contributed by atoms with Gasteiger partial charge in [0.2, 0.25) is 5.91 Å². The molecule has 6 nitrogen and oxygen atoms in total. The lowest BCUT2D eigenvalue weighted by Gasteiger charge is -2.28. The van der Waals surface area contributed by atoms with E-state index in [0.29, 0.717) is 0 Å². The first-order valence-electron chi connectivity index (χ1n) is 7.65. The number of likely N-dealkylation sites (tertiary alicyclic amines) is 1. The van der Waals surface area contributed by atoms with E-state index in [0.717, 1.165) is 25.1 Å². The van der Waals surface area contributed by atoms with E-state index in [9.17, 15) is 9.59 Å². The fourth-order valence-corrected chi connectivity index (χ4v) is 2.64. The average Bonchev–Trinajstić information content (AvgIpc) is 3.07. The summed E-state index contributed by atoms with van der Waals surface area (Å²) in [5, 5.41) is 0. The Labute approximate surface area is 131 Å². The van der Waals surface area contributed by atoms with Crippen molar-refractivity contribution in [1.82, 2.24) is 14.8 Å². The fourth-order valence-electron chi connectivity index (χ4n) is 2.64. The molecule has 2 heterocycles. The summed E-state index contributed by atoms with van der Waals surface area (Å²) in [5.41, 5.74) is 0.486. The predicted octanol–water partition coefficient (Wildman–Crippen LogP) is 2.55. The highest BCUT2D eigenvalue weighted by atomic mass is 16.6. The Morgan fingerprint density at radius 1 is 1.45 bits per heavy atom. The van der Waals surface area contributed by atoms with Crippen LogP contribution in [0.2, 0.25) is 0 Å². The number of carbonyl (C=O) groups excluding carboxylic acids is 2. The van der Waals surface area contributed by atoms with Crippen LogP contribution in [0.3, 0.4) is 0 Å². The van der Waals surface area contributed by atoms with Gasteiger partial charge in [-0.1, -0.05) is 0 Å². The van der Waals surface area contributed by atoms with Gasteiger partial charge in [-0.15, -0.1) is 0 Å². The summed E-state index contributed by atoms with van der Waals surface area (Å²) in [7, 11) is 1.59. The molecule has 122 valence electrons. The van der Waals surface area contributed by atoms with Crippen molar-refractivity contribution in [2.45, 2.75) is 45.3 Å². The molecular weight excluding hydrogens is 282 g/mol. The van der Waals surface area contributed by atoms with E-state index in [1.165, 1.54) is 4.90 Å². The minimum Gasteiger partial charge on any atom is -0.444 e. The van der Waals surface area contributed by atoms with Crippen LogP contribution in [0.1, 0.15) is 45.3 Å². The summed E-state index contributed by atoms with van der Waals surface area (Å²) in [5.74, 6) is -0.0505. The molecule has 0 spiro atoms. The first-order chi connectivity index (χ1) is 10.3. The molecular formula is C16H25N3O3. The molecule has 0 radical (unpaired) electrons. The van der Waals surface area contributed by atoms with E-state index in [4.69, 9.17) is 4.74 Å². The number of aromatic amines is 1. The van der Waals surface area contributed by atoms with Crippen molar-refractivity contribution in [3.63, 3.8) is 0 Å². The van der Waals surface area contributed by atoms with Gasteiger partial charge in [0.05, 0.1) is 6.04 Å². The molecule has 1 aromatic rings. The van der Waals surface area contributed by atoms with Gasteiger partial charge in [0, 0.05) is 25.5 Å². The number of rotatable bonds is 3. The maximum atomic E-state index is 12.5. The van der Waals surface area contributed by atoms with Crippen LogP contribution in [0.15, 0.2) is 18.3 Å². The molecule has 1 aliphatic heterocycles. The van der Waals surface area contributed by atoms with Gasteiger partial charge < -0.3 is 19.5 Å². The van der Waals surface area contributed by atoms with E-state index >= 15 is 0 Å². The number of carbonyl (C=O) groups is 2. The van der Waals surface area contributed by atoms with Gasteiger partial charge in [0.25, 0.3) is 0 Å². The second-order valence-corrected chi connectivity index (χ2v) is 6.71. The average molecular weight is 307 g/mol. The highest BCUT2D eigenvalue weighted by molar-refractivity contribution is 5.82. The van der Waals surface area contributed by atoms with Crippen LogP contribution >= 0.6 is 0 Å². The summed E-state index contributed by atoms with van der Waals surface area (Å²) < 4.78 is 5.27. The topological polar surface area (TPSA) is 65.6 Å². The number of nitrogens with zero attached hydrogens (tertiary/aromatic N) is 2. The number of nitrogens with one attached hydrogen (secondary N) is 1.